The second kappa shape index (κ2) is 6.17. The molecule has 0 saturated heterocycles. The number of nitrogens with zero attached hydrogens (tertiary/aromatic N) is 1. The maximum atomic E-state index is 6.29. The first-order valence-corrected chi connectivity index (χ1v) is 7.95. The number of rotatable bonds is 5. The van der Waals surface area contributed by atoms with Crippen molar-refractivity contribution in [2.45, 2.75) is 37.1 Å². The van der Waals surface area contributed by atoms with E-state index in [9.17, 15) is 0 Å². The van der Waals surface area contributed by atoms with Crippen LogP contribution in [0.5, 0.6) is 0 Å². The van der Waals surface area contributed by atoms with E-state index in [-0.39, 0.29) is 5.41 Å². The van der Waals surface area contributed by atoms with Gasteiger partial charge >= 0.3 is 0 Å². The monoisotopic (exact) mass is 300 g/mol. The fraction of sp³-hybridized carbons (Fsp3) is 0.389. The average Bonchev–Trinajstić information content (AvgIpc) is 2.48. The number of nitrogens with one attached hydrogen (secondary N) is 1. The average molecular weight is 301 g/mol. The molecule has 1 heterocycles. The van der Waals surface area contributed by atoms with Crippen molar-refractivity contribution >= 4 is 11.6 Å². The third-order valence-corrected chi connectivity index (χ3v) is 5.23. The zero-order valence-electron chi connectivity index (χ0n) is 12.3. The van der Waals surface area contributed by atoms with E-state index in [1.807, 2.05) is 12.3 Å². The van der Waals surface area contributed by atoms with Gasteiger partial charge in [0.05, 0.1) is 5.02 Å². The van der Waals surface area contributed by atoms with Crippen LogP contribution in [-0.2, 0) is 11.8 Å². The molecule has 1 aromatic carbocycles. The number of benzene rings is 1. The fourth-order valence-electron chi connectivity index (χ4n) is 3.53. The van der Waals surface area contributed by atoms with Crippen LogP contribution in [0.1, 0.15) is 30.4 Å². The lowest BCUT2D eigenvalue weighted by Gasteiger charge is -2.48. The summed E-state index contributed by atoms with van der Waals surface area (Å²) in [4.78, 5) is 4.08. The normalized spacial score (nSPS) is 18.0. The summed E-state index contributed by atoms with van der Waals surface area (Å²) in [7, 11) is 2.06. The quantitative estimate of drug-likeness (QED) is 0.903. The van der Waals surface area contributed by atoms with Gasteiger partial charge in [-0.1, -0.05) is 48.4 Å². The second-order valence-electron chi connectivity index (χ2n) is 5.89. The van der Waals surface area contributed by atoms with Gasteiger partial charge in [-0.15, -0.1) is 0 Å². The highest BCUT2D eigenvalue weighted by Gasteiger charge is 2.44. The van der Waals surface area contributed by atoms with Crippen LogP contribution < -0.4 is 5.32 Å². The van der Waals surface area contributed by atoms with Crippen LogP contribution >= 0.6 is 11.6 Å². The SMILES string of the molecule is CNC(Cc1ccncc1Cl)C1(c2ccccc2)CCC1. The molecule has 1 N–H and O–H groups in total. The summed E-state index contributed by atoms with van der Waals surface area (Å²) in [6.07, 6.45) is 8.28. The van der Waals surface area contributed by atoms with Gasteiger partial charge in [0.1, 0.15) is 0 Å². The highest BCUT2D eigenvalue weighted by molar-refractivity contribution is 6.31. The van der Waals surface area contributed by atoms with Crippen LogP contribution in [0.25, 0.3) is 0 Å². The second-order valence-corrected chi connectivity index (χ2v) is 6.30. The Balaban J connectivity index is 1.90. The van der Waals surface area contributed by atoms with Crippen LogP contribution in [0.3, 0.4) is 0 Å². The summed E-state index contributed by atoms with van der Waals surface area (Å²) in [5.74, 6) is 0. The first-order valence-electron chi connectivity index (χ1n) is 7.57. The minimum absolute atomic E-state index is 0.239. The van der Waals surface area contributed by atoms with E-state index in [0.29, 0.717) is 6.04 Å². The van der Waals surface area contributed by atoms with Gasteiger partial charge in [-0.2, -0.15) is 0 Å². The van der Waals surface area contributed by atoms with E-state index < -0.39 is 0 Å². The van der Waals surface area contributed by atoms with Crippen molar-refractivity contribution in [3.05, 3.63) is 64.9 Å². The molecule has 0 spiro atoms. The summed E-state index contributed by atoms with van der Waals surface area (Å²) in [6.45, 7) is 0. The number of likely N-dealkylation sites (N-methyl/N-ethyl adjacent to an activating group) is 1. The molecular formula is C18H21ClN2. The van der Waals surface area contributed by atoms with E-state index in [1.165, 1.54) is 30.4 Å². The number of aromatic nitrogens is 1. The number of hydrogen-bond acceptors (Lipinski definition) is 2. The summed E-state index contributed by atoms with van der Waals surface area (Å²) in [6, 6.07) is 13.3. The van der Waals surface area contributed by atoms with Crippen LogP contribution in [0.2, 0.25) is 5.02 Å². The Labute approximate surface area is 131 Å². The molecule has 110 valence electrons. The highest BCUT2D eigenvalue weighted by Crippen LogP contribution is 2.47. The Hall–Kier alpha value is -1.38. The molecule has 2 nitrogen and oxygen atoms in total. The van der Waals surface area contributed by atoms with E-state index in [2.05, 4.69) is 47.7 Å². The van der Waals surface area contributed by atoms with Gasteiger partial charge in [-0.3, -0.25) is 4.98 Å². The van der Waals surface area contributed by atoms with Gasteiger partial charge in [0.25, 0.3) is 0 Å². The molecule has 1 atom stereocenters. The molecule has 1 aromatic heterocycles. The van der Waals surface area contributed by atoms with Gasteiger partial charge in [0.2, 0.25) is 0 Å². The zero-order chi connectivity index (χ0) is 14.7. The van der Waals surface area contributed by atoms with Gasteiger partial charge in [-0.05, 0) is 43.5 Å². The van der Waals surface area contributed by atoms with Crippen molar-refractivity contribution in [2.24, 2.45) is 0 Å². The lowest BCUT2D eigenvalue weighted by molar-refractivity contribution is 0.174. The molecule has 21 heavy (non-hydrogen) atoms. The molecule has 1 fully saturated rings. The molecule has 0 bridgehead atoms. The molecule has 0 amide bonds. The molecule has 1 aliphatic carbocycles. The fourth-order valence-corrected chi connectivity index (χ4v) is 3.73. The smallest absolute Gasteiger partial charge is 0.0621 e. The van der Waals surface area contributed by atoms with Crippen molar-refractivity contribution in [3.63, 3.8) is 0 Å². The predicted molar refractivity (Wildman–Crippen MR) is 87.8 cm³/mol. The highest BCUT2D eigenvalue weighted by atomic mass is 35.5. The van der Waals surface area contributed by atoms with Crippen molar-refractivity contribution in [2.75, 3.05) is 7.05 Å². The first-order chi connectivity index (χ1) is 10.3. The lowest BCUT2D eigenvalue weighted by Crippen LogP contribution is -2.52. The van der Waals surface area contributed by atoms with Crippen molar-refractivity contribution in [3.8, 4) is 0 Å². The van der Waals surface area contributed by atoms with E-state index >= 15 is 0 Å². The van der Waals surface area contributed by atoms with Gasteiger partial charge < -0.3 is 5.32 Å². The standard InChI is InChI=1S/C18H21ClN2/c1-20-17(12-14-8-11-21-13-16(14)19)18(9-5-10-18)15-6-3-2-4-7-15/h2-4,6-8,11,13,17,20H,5,9-10,12H2,1H3. The molecule has 1 unspecified atom stereocenters. The number of pyridine rings is 1. The van der Waals surface area contributed by atoms with Crippen LogP contribution in [0.4, 0.5) is 0 Å². The maximum Gasteiger partial charge on any atom is 0.0621 e. The Kier molecular flexibility index (Phi) is 4.27. The van der Waals surface area contributed by atoms with Gasteiger partial charge in [0.15, 0.2) is 0 Å². The summed E-state index contributed by atoms with van der Waals surface area (Å²) >= 11 is 6.29. The molecule has 0 radical (unpaired) electrons. The van der Waals surface area contributed by atoms with E-state index in [0.717, 1.165) is 11.4 Å². The Bertz CT molecular complexity index is 593. The van der Waals surface area contributed by atoms with Gasteiger partial charge in [-0.25, -0.2) is 0 Å². The maximum absolute atomic E-state index is 6.29. The van der Waals surface area contributed by atoms with Crippen LogP contribution in [0.15, 0.2) is 48.8 Å². The molecule has 0 aliphatic heterocycles. The molecule has 2 aromatic rings. The molecule has 1 saturated carbocycles. The van der Waals surface area contributed by atoms with E-state index in [1.54, 1.807) is 6.20 Å². The van der Waals surface area contributed by atoms with Gasteiger partial charge in [0, 0.05) is 23.9 Å². The predicted octanol–water partition coefficient (Wildman–Crippen LogP) is 3.99. The topological polar surface area (TPSA) is 24.9 Å². The number of halogens is 1. The molecular weight excluding hydrogens is 280 g/mol. The Morgan fingerprint density at radius 2 is 2.00 bits per heavy atom. The lowest BCUT2D eigenvalue weighted by atomic mass is 9.59. The Morgan fingerprint density at radius 3 is 2.57 bits per heavy atom. The van der Waals surface area contributed by atoms with Crippen molar-refractivity contribution < 1.29 is 0 Å². The van der Waals surface area contributed by atoms with Crippen LogP contribution in [-0.4, -0.2) is 18.1 Å². The van der Waals surface area contributed by atoms with Crippen molar-refractivity contribution in [1.82, 2.24) is 10.3 Å². The Morgan fingerprint density at radius 1 is 1.24 bits per heavy atom. The summed E-state index contributed by atoms with van der Waals surface area (Å²) in [5, 5.41) is 4.30. The largest absolute Gasteiger partial charge is 0.316 e. The summed E-state index contributed by atoms with van der Waals surface area (Å²) < 4.78 is 0. The zero-order valence-corrected chi connectivity index (χ0v) is 13.1. The van der Waals surface area contributed by atoms with E-state index in [4.69, 9.17) is 11.6 Å². The molecule has 3 heteroatoms. The van der Waals surface area contributed by atoms with Crippen molar-refractivity contribution in [1.29, 1.82) is 0 Å². The third-order valence-electron chi connectivity index (χ3n) is 4.89. The molecule has 3 rings (SSSR count). The summed E-state index contributed by atoms with van der Waals surface area (Å²) in [5.41, 5.74) is 2.86. The molecule has 1 aliphatic rings. The third kappa shape index (κ3) is 2.70. The minimum atomic E-state index is 0.239. The number of hydrogen-bond donors (Lipinski definition) is 1. The first kappa shape index (κ1) is 14.6. The van der Waals surface area contributed by atoms with Crippen LogP contribution in [0, 0.1) is 0 Å². The minimum Gasteiger partial charge on any atom is -0.316 e.